The molecule has 0 aliphatic heterocycles. The Hall–Kier alpha value is -2.89. The Morgan fingerprint density at radius 3 is 2.53 bits per heavy atom. The molecule has 1 atom stereocenters. The van der Waals surface area contributed by atoms with Gasteiger partial charge in [-0.2, -0.15) is 0 Å². The van der Waals surface area contributed by atoms with Crippen molar-refractivity contribution in [3.63, 3.8) is 0 Å². The van der Waals surface area contributed by atoms with Crippen molar-refractivity contribution in [2.45, 2.75) is 49.5 Å². The summed E-state index contributed by atoms with van der Waals surface area (Å²) in [5.74, 6) is -0.475. The number of fused-ring (bicyclic) bond motifs is 1. The molecule has 32 heavy (non-hydrogen) atoms. The van der Waals surface area contributed by atoms with E-state index in [1.165, 1.54) is 23.9 Å². The molecule has 9 nitrogen and oxygen atoms in total. The summed E-state index contributed by atoms with van der Waals surface area (Å²) in [6, 6.07) is 9.45. The van der Waals surface area contributed by atoms with E-state index < -0.39 is 27.2 Å². The lowest BCUT2D eigenvalue weighted by molar-refractivity contribution is -0.119. The molecule has 0 saturated heterocycles. The maximum Gasteiger partial charge on any atom is 0.325 e. The lowest BCUT2D eigenvalue weighted by Gasteiger charge is -2.13. The van der Waals surface area contributed by atoms with Crippen LogP contribution >= 0.6 is 11.8 Å². The van der Waals surface area contributed by atoms with Gasteiger partial charge in [0.05, 0.1) is 21.2 Å². The number of imidazole rings is 1. The average Bonchev–Trinajstić information content (AvgIpc) is 3.05. The lowest BCUT2D eigenvalue weighted by Crippen LogP contribution is -2.39. The highest BCUT2D eigenvalue weighted by Gasteiger charge is 2.22. The summed E-state index contributed by atoms with van der Waals surface area (Å²) in [4.78, 5) is 29.3. The van der Waals surface area contributed by atoms with E-state index in [9.17, 15) is 18.0 Å². The zero-order valence-corrected chi connectivity index (χ0v) is 19.8. The Morgan fingerprint density at radius 1 is 1.19 bits per heavy atom. The van der Waals surface area contributed by atoms with Gasteiger partial charge in [-0.3, -0.25) is 10.1 Å². The van der Waals surface area contributed by atoms with Crippen LogP contribution in [-0.2, 0) is 21.4 Å². The predicted octanol–water partition coefficient (Wildman–Crippen LogP) is 3.15. The lowest BCUT2D eigenvalue weighted by atomic mass is 10.1. The zero-order chi connectivity index (χ0) is 23.6. The van der Waals surface area contributed by atoms with E-state index in [0.29, 0.717) is 22.9 Å². The van der Waals surface area contributed by atoms with Crippen molar-refractivity contribution < 1.29 is 18.0 Å². The molecule has 11 heteroatoms. The number of primary sulfonamides is 1. The van der Waals surface area contributed by atoms with Crippen molar-refractivity contribution in [3.05, 3.63) is 47.5 Å². The zero-order valence-electron chi connectivity index (χ0n) is 18.2. The fourth-order valence-corrected chi connectivity index (χ4v) is 4.71. The first kappa shape index (κ1) is 23.8. The fourth-order valence-electron chi connectivity index (χ4n) is 3.19. The largest absolute Gasteiger partial charge is 0.325 e. The van der Waals surface area contributed by atoms with Crippen molar-refractivity contribution in [2.75, 3.05) is 5.32 Å². The molecule has 1 unspecified atom stereocenters. The number of hydrogen-bond donors (Lipinski definition) is 3. The Labute approximate surface area is 190 Å². The van der Waals surface area contributed by atoms with Gasteiger partial charge in [0.25, 0.3) is 0 Å². The Kier molecular flexibility index (Phi) is 6.91. The molecule has 0 aliphatic rings. The maximum absolute atomic E-state index is 12.6. The molecular formula is C21H25N5O4S2. The third kappa shape index (κ3) is 5.29. The van der Waals surface area contributed by atoms with Gasteiger partial charge in [-0.1, -0.05) is 29.5 Å². The number of carbonyl (C=O) groups is 2. The monoisotopic (exact) mass is 475 g/mol. The predicted molar refractivity (Wildman–Crippen MR) is 125 cm³/mol. The number of urea groups is 1. The van der Waals surface area contributed by atoms with Crippen LogP contribution in [0.3, 0.4) is 0 Å². The fraction of sp³-hybridized carbons (Fsp3) is 0.286. The highest BCUT2D eigenvalue weighted by atomic mass is 32.2. The molecule has 0 bridgehead atoms. The van der Waals surface area contributed by atoms with Gasteiger partial charge in [-0.25, -0.2) is 23.3 Å². The molecule has 0 radical (unpaired) electrons. The van der Waals surface area contributed by atoms with Gasteiger partial charge in [0.2, 0.25) is 15.9 Å². The van der Waals surface area contributed by atoms with Crippen LogP contribution in [0.1, 0.15) is 25.0 Å². The van der Waals surface area contributed by atoms with Crippen molar-refractivity contribution in [1.29, 1.82) is 0 Å². The molecule has 2 aromatic carbocycles. The van der Waals surface area contributed by atoms with E-state index in [-0.39, 0.29) is 4.90 Å². The third-order valence-corrected chi connectivity index (χ3v) is 6.85. The van der Waals surface area contributed by atoms with Crippen LogP contribution < -0.4 is 15.8 Å². The maximum atomic E-state index is 12.6. The summed E-state index contributed by atoms with van der Waals surface area (Å²) in [5, 5.41) is 10.1. The third-order valence-electron chi connectivity index (χ3n) is 4.85. The second kappa shape index (κ2) is 9.31. The van der Waals surface area contributed by atoms with Crippen LogP contribution in [-0.4, -0.2) is 35.2 Å². The van der Waals surface area contributed by atoms with Crippen molar-refractivity contribution in [2.24, 2.45) is 5.14 Å². The molecule has 3 aromatic rings. The summed E-state index contributed by atoms with van der Waals surface area (Å²) in [6.45, 7) is 7.98. The SMILES string of the molecule is CCn1c(SC(C)C(=O)NC(=O)Nc2ccc(C)cc2C)nc2cc(S(N)(=O)=O)ccc21. The number of benzene rings is 2. The standard InChI is InChI=1S/C21H25N5O4S2/c1-5-26-18-9-7-15(32(22,29)30)11-17(18)24-21(26)31-14(4)19(27)25-20(28)23-16-8-6-12(2)10-13(16)3/h6-11,14H,5H2,1-4H3,(H2,22,29,30)(H2,23,25,27,28). The van der Waals surface area contributed by atoms with Crippen LogP contribution in [0.15, 0.2) is 46.5 Å². The Balaban J connectivity index is 1.73. The van der Waals surface area contributed by atoms with E-state index in [0.717, 1.165) is 16.6 Å². The number of rotatable bonds is 6. The van der Waals surface area contributed by atoms with E-state index in [2.05, 4.69) is 15.6 Å². The van der Waals surface area contributed by atoms with Gasteiger partial charge in [0, 0.05) is 12.2 Å². The molecule has 0 aliphatic carbocycles. The second-order valence-corrected chi connectivity index (χ2v) is 10.2. The van der Waals surface area contributed by atoms with Gasteiger partial charge in [-0.15, -0.1) is 0 Å². The minimum atomic E-state index is -3.85. The van der Waals surface area contributed by atoms with Crippen LogP contribution in [0.4, 0.5) is 10.5 Å². The second-order valence-electron chi connectivity index (χ2n) is 7.36. The highest BCUT2D eigenvalue weighted by molar-refractivity contribution is 8.00. The Morgan fingerprint density at radius 2 is 1.91 bits per heavy atom. The minimum absolute atomic E-state index is 0.0313. The summed E-state index contributed by atoms with van der Waals surface area (Å²) in [5.41, 5.74) is 3.78. The van der Waals surface area contributed by atoms with Gasteiger partial charge in [0.15, 0.2) is 5.16 Å². The first-order chi connectivity index (χ1) is 15.0. The summed E-state index contributed by atoms with van der Waals surface area (Å²) >= 11 is 1.17. The molecule has 1 aromatic heterocycles. The van der Waals surface area contributed by atoms with E-state index in [1.807, 2.05) is 37.5 Å². The summed E-state index contributed by atoms with van der Waals surface area (Å²) in [6.07, 6.45) is 0. The number of sulfonamides is 1. The van der Waals surface area contributed by atoms with Crippen molar-refractivity contribution in [3.8, 4) is 0 Å². The highest BCUT2D eigenvalue weighted by Crippen LogP contribution is 2.28. The molecule has 0 spiro atoms. The summed E-state index contributed by atoms with van der Waals surface area (Å²) < 4.78 is 25.1. The number of nitrogens with two attached hydrogens (primary N) is 1. The minimum Gasteiger partial charge on any atom is -0.319 e. The molecule has 0 saturated carbocycles. The van der Waals surface area contributed by atoms with Gasteiger partial charge >= 0.3 is 6.03 Å². The number of carbonyl (C=O) groups excluding carboxylic acids is 2. The molecule has 170 valence electrons. The number of aryl methyl sites for hydroxylation is 3. The number of amides is 3. The number of nitrogens with one attached hydrogen (secondary N) is 2. The molecule has 3 amide bonds. The number of aromatic nitrogens is 2. The van der Waals surface area contributed by atoms with Crippen LogP contribution in [0.25, 0.3) is 11.0 Å². The van der Waals surface area contributed by atoms with Crippen LogP contribution in [0.2, 0.25) is 0 Å². The van der Waals surface area contributed by atoms with Gasteiger partial charge in [-0.05, 0) is 57.5 Å². The average molecular weight is 476 g/mol. The molecular weight excluding hydrogens is 450 g/mol. The molecule has 0 fully saturated rings. The quantitative estimate of drug-likeness (QED) is 0.469. The number of hydrogen-bond acceptors (Lipinski definition) is 6. The summed E-state index contributed by atoms with van der Waals surface area (Å²) in [7, 11) is -3.85. The van der Waals surface area contributed by atoms with Crippen LogP contribution in [0, 0.1) is 13.8 Å². The smallest absolute Gasteiger partial charge is 0.319 e. The van der Waals surface area contributed by atoms with Crippen molar-refractivity contribution in [1.82, 2.24) is 14.9 Å². The van der Waals surface area contributed by atoms with E-state index >= 15 is 0 Å². The Bertz CT molecular complexity index is 1300. The van der Waals surface area contributed by atoms with Gasteiger partial charge < -0.3 is 9.88 Å². The first-order valence-electron chi connectivity index (χ1n) is 9.88. The molecule has 4 N–H and O–H groups in total. The first-order valence-corrected chi connectivity index (χ1v) is 12.3. The van der Waals surface area contributed by atoms with E-state index in [4.69, 9.17) is 5.14 Å². The number of imide groups is 1. The van der Waals surface area contributed by atoms with Crippen LogP contribution in [0.5, 0.6) is 0 Å². The topological polar surface area (TPSA) is 136 Å². The molecule has 3 rings (SSSR count). The van der Waals surface area contributed by atoms with Crippen molar-refractivity contribution >= 4 is 50.4 Å². The normalized spacial score (nSPS) is 12.5. The van der Waals surface area contributed by atoms with Gasteiger partial charge in [0.1, 0.15) is 0 Å². The number of anilines is 1. The number of nitrogens with zero attached hydrogens (tertiary/aromatic N) is 2. The molecule has 1 heterocycles. The number of thioether (sulfide) groups is 1. The van der Waals surface area contributed by atoms with E-state index in [1.54, 1.807) is 19.1 Å².